The molecule has 0 N–H and O–H groups in total. The molecule has 8 aliphatic carbocycles. The molecule has 0 radical (unpaired) electrons. The van der Waals surface area contributed by atoms with Gasteiger partial charge >= 0.3 is 206 Å². The fourth-order valence-electron chi connectivity index (χ4n) is 9.63. The molecule has 4 nitrogen and oxygen atoms in total. The predicted molar refractivity (Wildman–Crippen MR) is 133 cm³/mol. The van der Waals surface area contributed by atoms with E-state index in [4.69, 9.17) is 6.13 Å². The summed E-state index contributed by atoms with van der Waals surface area (Å²) < 4.78 is 13.6. The van der Waals surface area contributed by atoms with Gasteiger partial charge in [0.25, 0.3) is 0 Å². The first-order valence-corrected chi connectivity index (χ1v) is 16.0. The number of hydrogen-bond donors (Lipinski definition) is 0. The molecule has 1 aromatic carbocycles. The molecule has 0 unspecified atom stereocenters. The van der Waals surface area contributed by atoms with Crippen molar-refractivity contribution in [3.8, 4) is 0 Å². The Labute approximate surface area is 205 Å². The third-order valence-electron chi connectivity index (χ3n) is 10.1. The topological polar surface area (TPSA) is 52.6 Å². The zero-order valence-electron chi connectivity index (χ0n) is 19.3. The molecule has 8 bridgehead atoms. The first-order chi connectivity index (χ1) is 16.0. The summed E-state index contributed by atoms with van der Waals surface area (Å²) in [5.41, 5.74) is -0.626. The first kappa shape index (κ1) is 21.2. The number of benzene rings is 1. The van der Waals surface area contributed by atoms with Crippen LogP contribution in [-0.2, 0) is 15.7 Å². The molecule has 8 fully saturated rings. The summed E-state index contributed by atoms with van der Waals surface area (Å²) in [5, 5.41) is 0. The number of rotatable bonds is 5. The zero-order chi connectivity index (χ0) is 22.2. The van der Waals surface area contributed by atoms with Gasteiger partial charge in [-0.3, -0.25) is 0 Å². The molecule has 0 saturated heterocycles. The molecule has 0 aliphatic heterocycles. The first-order valence-electron chi connectivity index (χ1n) is 13.2. The zero-order valence-corrected chi connectivity index (χ0v) is 21.5. The van der Waals surface area contributed by atoms with Crippen LogP contribution in [0, 0.1) is 49.9 Å². The molecule has 5 heteroatoms. The second kappa shape index (κ2) is 7.69. The van der Waals surface area contributed by atoms with Crippen LogP contribution in [-0.4, -0.2) is 11.9 Å². The van der Waals surface area contributed by atoms with Crippen LogP contribution in [0.5, 0.6) is 0 Å². The fraction of sp³-hybridized carbons (Fsp3) is 0.714. The van der Waals surface area contributed by atoms with Gasteiger partial charge in [0, 0.05) is 0 Å². The summed E-state index contributed by atoms with van der Waals surface area (Å²) in [6, 6.07) is 9.89. The van der Waals surface area contributed by atoms with E-state index in [2.05, 4.69) is 0 Å². The van der Waals surface area contributed by atoms with E-state index in [1.807, 2.05) is 30.3 Å². The van der Waals surface area contributed by atoms with E-state index in [0.717, 1.165) is 42.1 Å². The van der Waals surface area contributed by atoms with E-state index in [-0.39, 0.29) is 22.8 Å². The van der Waals surface area contributed by atoms with Crippen LogP contribution in [0.25, 0.3) is 0 Å². The van der Waals surface area contributed by atoms with Gasteiger partial charge in [-0.25, -0.2) is 0 Å². The van der Waals surface area contributed by atoms with Gasteiger partial charge < -0.3 is 0 Å². The summed E-state index contributed by atoms with van der Waals surface area (Å²) in [4.78, 5) is 27.5. The number of halogens is 1. The Bertz CT molecular complexity index is 827. The maximum absolute atomic E-state index is 13.7. The molecular formula is C28H35IO4. The summed E-state index contributed by atoms with van der Waals surface area (Å²) in [7, 11) is 0. The van der Waals surface area contributed by atoms with Gasteiger partial charge in [-0.1, -0.05) is 0 Å². The molecule has 8 aliphatic rings. The number of hydrogen-bond acceptors (Lipinski definition) is 4. The molecule has 178 valence electrons. The molecule has 8 saturated carbocycles. The molecular weight excluding hydrogens is 527 g/mol. The van der Waals surface area contributed by atoms with E-state index in [1.54, 1.807) is 0 Å². The van der Waals surface area contributed by atoms with Gasteiger partial charge in [0.2, 0.25) is 0 Å². The molecule has 0 atom stereocenters. The van der Waals surface area contributed by atoms with Crippen molar-refractivity contribution in [3.05, 3.63) is 33.9 Å². The average molecular weight is 562 g/mol. The fourth-order valence-corrected chi connectivity index (χ4v) is 12.9. The van der Waals surface area contributed by atoms with Crippen LogP contribution in [0.1, 0.15) is 77.0 Å². The van der Waals surface area contributed by atoms with Gasteiger partial charge in [0.05, 0.1) is 0 Å². The van der Waals surface area contributed by atoms with Crippen molar-refractivity contribution in [2.75, 3.05) is 0 Å². The molecule has 0 amide bonds. The van der Waals surface area contributed by atoms with E-state index < -0.39 is 20.6 Å². The van der Waals surface area contributed by atoms with Crippen LogP contribution >= 0.6 is 20.6 Å². The van der Waals surface area contributed by atoms with Gasteiger partial charge in [-0.05, 0) is 0 Å². The van der Waals surface area contributed by atoms with Crippen molar-refractivity contribution < 1.29 is 15.7 Å². The Kier molecular flexibility index (Phi) is 4.94. The quantitative estimate of drug-likeness (QED) is 0.375. The van der Waals surface area contributed by atoms with Crippen molar-refractivity contribution in [1.82, 2.24) is 0 Å². The summed E-state index contributed by atoms with van der Waals surface area (Å²) in [5.74, 6) is 4.06. The summed E-state index contributed by atoms with van der Waals surface area (Å²) >= 11 is -2.89. The molecule has 0 aromatic heterocycles. The Balaban J connectivity index is 1.13. The maximum atomic E-state index is 13.7. The van der Waals surface area contributed by atoms with Crippen molar-refractivity contribution >= 4 is 32.6 Å². The number of carbonyl (C=O) groups is 2. The molecule has 0 spiro atoms. The Morgan fingerprint density at radius 2 is 0.939 bits per heavy atom. The summed E-state index contributed by atoms with van der Waals surface area (Å²) in [6.45, 7) is 0. The van der Waals surface area contributed by atoms with Gasteiger partial charge in [-0.15, -0.1) is 0 Å². The molecule has 1 aromatic rings. The predicted octanol–water partition coefficient (Wildman–Crippen LogP) is 6.71. The third-order valence-corrected chi connectivity index (χ3v) is 13.5. The van der Waals surface area contributed by atoms with Crippen molar-refractivity contribution in [3.63, 3.8) is 0 Å². The molecule has 9 rings (SSSR count). The van der Waals surface area contributed by atoms with Crippen LogP contribution in [0.2, 0.25) is 0 Å². The molecule has 33 heavy (non-hydrogen) atoms. The number of carbonyl (C=O) groups excluding carboxylic acids is 2. The normalized spacial score (nSPS) is 44.5. The monoisotopic (exact) mass is 562 g/mol. The van der Waals surface area contributed by atoms with Gasteiger partial charge in [0.1, 0.15) is 0 Å². The van der Waals surface area contributed by atoms with E-state index in [0.29, 0.717) is 35.5 Å². The van der Waals surface area contributed by atoms with E-state index >= 15 is 0 Å². The van der Waals surface area contributed by atoms with E-state index in [9.17, 15) is 9.59 Å². The minimum absolute atomic E-state index is 0.0473. The van der Waals surface area contributed by atoms with Crippen molar-refractivity contribution in [2.45, 2.75) is 77.0 Å². The van der Waals surface area contributed by atoms with Crippen LogP contribution in [0.3, 0.4) is 0 Å². The standard InChI is InChI=1S/C28H35IO4/c30-25(27-12-18-6-19(13-27)8-20(7-18)14-27)32-29(24-4-2-1-3-5-24)33-26(31)28-15-21-9-22(16-28)11-23(10-21)17-28/h1-5,18-23H,6-17H2. The van der Waals surface area contributed by atoms with Crippen LogP contribution in [0.4, 0.5) is 0 Å². The van der Waals surface area contributed by atoms with Gasteiger partial charge in [0.15, 0.2) is 0 Å². The summed E-state index contributed by atoms with van der Waals surface area (Å²) in [6.07, 6.45) is 13.7. The second-order valence-electron chi connectivity index (χ2n) is 12.6. The minimum atomic E-state index is -2.89. The van der Waals surface area contributed by atoms with E-state index in [1.165, 1.54) is 38.5 Å². The molecule has 0 heterocycles. The van der Waals surface area contributed by atoms with Crippen molar-refractivity contribution in [2.24, 2.45) is 46.3 Å². The second-order valence-corrected chi connectivity index (χ2v) is 16.0. The SMILES string of the molecule is O=C(OI(OC(=O)C12CC3CC(CC(C3)C1)C2)c1ccccc1)C12CC3CC(CC(C3)C1)C2. The Morgan fingerprint density at radius 3 is 1.27 bits per heavy atom. The van der Waals surface area contributed by atoms with Crippen molar-refractivity contribution in [1.29, 1.82) is 0 Å². The average Bonchev–Trinajstić information content (AvgIpc) is 2.77. The third kappa shape index (κ3) is 3.58. The van der Waals surface area contributed by atoms with Gasteiger partial charge in [-0.2, -0.15) is 0 Å². The van der Waals surface area contributed by atoms with Crippen LogP contribution < -0.4 is 0 Å². The Hall–Kier alpha value is -1.11. The Morgan fingerprint density at radius 1 is 0.606 bits per heavy atom. The van der Waals surface area contributed by atoms with Crippen LogP contribution in [0.15, 0.2) is 30.3 Å².